The summed E-state index contributed by atoms with van der Waals surface area (Å²) in [6.45, 7) is 7.13. The van der Waals surface area contributed by atoms with Crippen molar-refractivity contribution in [1.29, 1.82) is 0 Å². The summed E-state index contributed by atoms with van der Waals surface area (Å²) in [6.07, 6.45) is 2.61. The van der Waals surface area contributed by atoms with Crippen molar-refractivity contribution in [2.45, 2.75) is 44.8 Å². The summed E-state index contributed by atoms with van der Waals surface area (Å²) in [5, 5.41) is 3.49. The SMILES string of the molecule is CN1C[C@H](Nc2nc3ccccn3c(=O)c2Br)C[C@H](c2ccc(OCC(=O)OC(C)(C)C)cc2)C1. The van der Waals surface area contributed by atoms with Crippen molar-refractivity contribution in [3.05, 3.63) is 69.1 Å². The second-order valence-corrected chi connectivity index (χ2v) is 10.7. The molecule has 8 nitrogen and oxygen atoms in total. The van der Waals surface area contributed by atoms with E-state index in [1.807, 2.05) is 63.2 Å². The summed E-state index contributed by atoms with van der Waals surface area (Å²) in [5.41, 5.74) is 1.12. The molecule has 0 saturated carbocycles. The summed E-state index contributed by atoms with van der Waals surface area (Å²) in [5.74, 6) is 1.10. The Hall–Kier alpha value is -2.91. The van der Waals surface area contributed by atoms with E-state index in [9.17, 15) is 9.59 Å². The molecule has 1 aromatic carbocycles. The van der Waals surface area contributed by atoms with E-state index in [0.29, 0.717) is 27.6 Å². The summed E-state index contributed by atoms with van der Waals surface area (Å²) < 4.78 is 12.8. The molecule has 0 amide bonds. The van der Waals surface area contributed by atoms with Crippen LogP contribution in [0.5, 0.6) is 5.75 Å². The molecule has 9 heteroatoms. The number of likely N-dealkylation sites (N-methyl/N-ethyl adjacent to an activating group) is 1. The van der Waals surface area contributed by atoms with E-state index in [2.05, 4.69) is 38.2 Å². The normalized spacial score (nSPS) is 18.9. The molecule has 1 fully saturated rings. The molecule has 4 rings (SSSR count). The molecule has 3 heterocycles. The van der Waals surface area contributed by atoms with Gasteiger partial charge in [-0.25, -0.2) is 9.78 Å². The zero-order chi connectivity index (χ0) is 25.2. The van der Waals surface area contributed by atoms with Gasteiger partial charge >= 0.3 is 5.97 Å². The molecule has 1 aliphatic rings. The first-order valence-corrected chi connectivity index (χ1v) is 12.4. The number of fused-ring (bicyclic) bond motifs is 1. The number of benzene rings is 1. The lowest BCUT2D eigenvalue weighted by molar-refractivity contribution is -0.157. The molecule has 0 radical (unpaired) electrons. The number of piperidine rings is 1. The Morgan fingerprint density at radius 2 is 1.91 bits per heavy atom. The summed E-state index contributed by atoms with van der Waals surface area (Å²) in [4.78, 5) is 31.5. The van der Waals surface area contributed by atoms with Crippen LogP contribution in [-0.2, 0) is 9.53 Å². The number of carbonyl (C=O) groups is 1. The molecule has 1 saturated heterocycles. The fourth-order valence-electron chi connectivity index (χ4n) is 4.37. The van der Waals surface area contributed by atoms with Crippen molar-refractivity contribution < 1.29 is 14.3 Å². The topological polar surface area (TPSA) is 85.2 Å². The van der Waals surface area contributed by atoms with Gasteiger partial charge < -0.3 is 19.7 Å². The average molecular weight is 543 g/mol. The van der Waals surface area contributed by atoms with Crippen molar-refractivity contribution in [2.24, 2.45) is 0 Å². The van der Waals surface area contributed by atoms with E-state index in [1.54, 1.807) is 6.20 Å². The molecule has 0 unspecified atom stereocenters. The second-order valence-electron chi connectivity index (χ2n) is 9.95. The highest BCUT2D eigenvalue weighted by molar-refractivity contribution is 9.10. The van der Waals surface area contributed by atoms with Crippen molar-refractivity contribution in [1.82, 2.24) is 14.3 Å². The number of esters is 1. The third-order valence-corrected chi connectivity index (χ3v) is 6.50. The van der Waals surface area contributed by atoms with Gasteiger partial charge in [-0.05, 0) is 85.9 Å². The lowest BCUT2D eigenvalue weighted by atomic mass is 9.88. The van der Waals surface area contributed by atoms with E-state index < -0.39 is 11.6 Å². The van der Waals surface area contributed by atoms with Crippen molar-refractivity contribution in [2.75, 3.05) is 32.1 Å². The van der Waals surface area contributed by atoms with Gasteiger partial charge in [0.15, 0.2) is 6.61 Å². The molecular formula is C26H31BrN4O4. The quantitative estimate of drug-likeness (QED) is 0.469. The number of rotatable bonds is 6. The van der Waals surface area contributed by atoms with E-state index in [1.165, 1.54) is 9.96 Å². The van der Waals surface area contributed by atoms with Crippen LogP contribution >= 0.6 is 15.9 Å². The summed E-state index contributed by atoms with van der Waals surface area (Å²) in [7, 11) is 2.09. The van der Waals surface area contributed by atoms with Crippen LogP contribution in [0, 0.1) is 0 Å². The van der Waals surface area contributed by atoms with Crippen LogP contribution in [0.3, 0.4) is 0 Å². The first-order chi connectivity index (χ1) is 16.6. The first kappa shape index (κ1) is 25.2. The molecule has 2 atom stereocenters. The fourth-order valence-corrected chi connectivity index (χ4v) is 4.77. The average Bonchev–Trinajstić information content (AvgIpc) is 2.80. The molecule has 0 bridgehead atoms. The summed E-state index contributed by atoms with van der Waals surface area (Å²) in [6, 6.07) is 13.5. The maximum Gasteiger partial charge on any atom is 0.344 e. The number of hydrogen-bond acceptors (Lipinski definition) is 7. The monoisotopic (exact) mass is 542 g/mol. The number of anilines is 1. The molecule has 186 valence electrons. The largest absolute Gasteiger partial charge is 0.482 e. The van der Waals surface area contributed by atoms with Crippen molar-refractivity contribution >= 4 is 33.4 Å². The van der Waals surface area contributed by atoms with Crippen LogP contribution in [0.15, 0.2) is 57.9 Å². The van der Waals surface area contributed by atoms with Gasteiger partial charge in [0.2, 0.25) is 0 Å². The predicted molar refractivity (Wildman–Crippen MR) is 139 cm³/mol. The van der Waals surface area contributed by atoms with E-state index in [-0.39, 0.29) is 18.2 Å². The van der Waals surface area contributed by atoms with Gasteiger partial charge in [0.05, 0.1) is 0 Å². The highest BCUT2D eigenvalue weighted by Crippen LogP contribution is 2.30. The third kappa shape index (κ3) is 6.41. The van der Waals surface area contributed by atoms with Gasteiger partial charge in [-0.15, -0.1) is 0 Å². The number of hydrogen-bond donors (Lipinski definition) is 1. The van der Waals surface area contributed by atoms with Gasteiger partial charge in [-0.3, -0.25) is 9.20 Å². The highest BCUT2D eigenvalue weighted by Gasteiger charge is 2.27. The highest BCUT2D eigenvalue weighted by atomic mass is 79.9. The minimum atomic E-state index is -0.534. The fraction of sp³-hybridized carbons (Fsp3) is 0.423. The Labute approximate surface area is 213 Å². The van der Waals surface area contributed by atoms with Gasteiger partial charge in [0.1, 0.15) is 27.3 Å². The van der Waals surface area contributed by atoms with Gasteiger partial charge in [0, 0.05) is 25.3 Å². The first-order valence-electron chi connectivity index (χ1n) is 11.7. The van der Waals surface area contributed by atoms with Crippen molar-refractivity contribution in [3.63, 3.8) is 0 Å². The Balaban J connectivity index is 1.42. The van der Waals surface area contributed by atoms with E-state index >= 15 is 0 Å². The molecule has 35 heavy (non-hydrogen) atoms. The number of nitrogens with zero attached hydrogens (tertiary/aromatic N) is 3. The number of nitrogens with one attached hydrogen (secondary N) is 1. The maximum absolute atomic E-state index is 12.7. The second kappa shape index (κ2) is 10.4. The number of aromatic nitrogens is 2. The number of likely N-dealkylation sites (tertiary alicyclic amines) is 1. The van der Waals surface area contributed by atoms with Crippen molar-refractivity contribution in [3.8, 4) is 5.75 Å². The molecule has 0 aliphatic carbocycles. The van der Waals surface area contributed by atoms with Crippen LogP contribution < -0.4 is 15.6 Å². The third-order valence-electron chi connectivity index (χ3n) is 5.78. The number of pyridine rings is 1. The minimum Gasteiger partial charge on any atom is -0.482 e. The zero-order valence-corrected chi connectivity index (χ0v) is 22.0. The van der Waals surface area contributed by atoms with Gasteiger partial charge in [-0.1, -0.05) is 18.2 Å². The number of carbonyl (C=O) groups excluding carboxylic acids is 1. The van der Waals surface area contributed by atoms with E-state index in [4.69, 9.17) is 9.47 Å². The van der Waals surface area contributed by atoms with Crippen LogP contribution in [-0.4, -0.2) is 58.6 Å². The Bertz CT molecular complexity index is 1250. The molecular weight excluding hydrogens is 512 g/mol. The van der Waals surface area contributed by atoms with Crippen LogP contribution in [0.1, 0.15) is 38.7 Å². The molecule has 3 aromatic rings. The minimum absolute atomic E-state index is 0.121. The molecule has 0 spiro atoms. The van der Waals surface area contributed by atoms with Crippen LogP contribution in [0.25, 0.3) is 5.65 Å². The van der Waals surface area contributed by atoms with Gasteiger partial charge in [0.25, 0.3) is 5.56 Å². The number of halogens is 1. The lowest BCUT2D eigenvalue weighted by Crippen LogP contribution is -2.43. The van der Waals surface area contributed by atoms with Crippen LogP contribution in [0.2, 0.25) is 0 Å². The number of ether oxygens (including phenoxy) is 2. The molecule has 2 aromatic heterocycles. The maximum atomic E-state index is 12.7. The zero-order valence-electron chi connectivity index (χ0n) is 20.5. The summed E-state index contributed by atoms with van der Waals surface area (Å²) >= 11 is 3.43. The lowest BCUT2D eigenvalue weighted by Gasteiger charge is -2.36. The van der Waals surface area contributed by atoms with Crippen LogP contribution in [0.4, 0.5) is 5.82 Å². The van der Waals surface area contributed by atoms with E-state index in [0.717, 1.165) is 19.5 Å². The predicted octanol–water partition coefficient (Wildman–Crippen LogP) is 4.08. The smallest absolute Gasteiger partial charge is 0.344 e. The van der Waals surface area contributed by atoms with Gasteiger partial charge in [-0.2, -0.15) is 0 Å². The Morgan fingerprint density at radius 3 is 2.63 bits per heavy atom. The molecule has 1 aliphatic heterocycles. The standard InChI is InChI=1S/C26H31BrN4O4/c1-26(2,3)35-22(32)16-34-20-10-8-17(9-11-20)18-13-19(15-30(4)14-18)28-24-23(27)25(33)31-12-6-5-7-21(31)29-24/h5-12,18-19,28H,13-16H2,1-4H3/t18-,19+/m0/s1. The Morgan fingerprint density at radius 1 is 1.17 bits per heavy atom. The molecule has 1 N–H and O–H groups in total. The Kier molecular flexibility index (Phi) is 7.47.